The van der Waals surface area contributed by atoms with Crippen LogP contribution in [0.2, 0.25) is 0 Å². The molecule has 0 radical (unpaired) electrons. The SMILES string of the molecule is CC1(C)c2ccccc2-c2cc(-c3ccccc3)c(N(c3ccc(C4CCCCCC4)cc3)c3cc4ccc3CCc3ccc(c(N(c5ccccc5)c5ccc(C6CCCCC6)cc5)c3)CC4)cc21. The number of rotatable bonds is 9. The minimum Gasteiger partial charge on any atom is -0.310 e. The van der Waals surface area contributed by atoms with Gasteiger partial charge in [0.15, 0.2) is 0 Å². The predicted molar refractivity (Wildman–Crippen MR) is 296 cm³/mol. The fourth-order valence-corrected chi connectivity index (χ4v) is 12.9. The Kier molecular flexibility index (Phi) is 12.3. The molecule has 0 aromatic heterocycles. The van der Waals surface area contributed by atoms with E-state index in [0.717, 1.165) is 25.7 Å². The highest BCUT2D eigenvalue weighted by Gasteiger charge is 2.37. The molecule has 2 saturated carbocycles. The molecule has 0 saturated heterocycles. The number of hydrogen-bond acceptors (Lipinski definition) is 2. The van der Waals surface area contributed by atoms with E-state index < -0.39 is 0 Å². The molecule has 2 nitrogen and oxygen atoms in total. The summed E-state index contributed by atoms with van der Waals surface area (Å²) in [6.07, 6.45) is 18.5. The zero-order valence-electron chi connectivity index (χ0n) is 41.5. The van der Waals surface area contributed by atoms with Crippen LogP contribution in [0, 0.1) is 0 Å². The number of fused-ring (bicyclic) bond motifs is 3. The molecule has 0 amide bonds. The van der Waals surface area contributed by atoms with Gasteiger partial charge >= 0.3 is 0 Å². The second-order valence-corrected chi connectivity index (χ2v) is 21.6. The lowest BCUT2D eigenvalue weighted by Crippen LogP contribution is -2.18. The van der Waals surface area contributed by atoms with E-state index in [4.69, 9.17) is 0 Å². The minimum atomic E-state index is -0.138. The highest BCUT2D eigenvalue weighted by molar-refractivity contribution is 5.95. The van der Waals surface area contributed by atoms with Crippen molar-refractivity contribution >= 4 is 34.1 Å². The lowest BCUT2D eigenvalue weighted by atomic mass is 9.81. The van der Waals surface area contributed by atoms with Crippen molar-refractivity contribution < 1.29 is 0 Å². The number of benzene rings is 8. The van der Waals surface area contributed by atoms with Crippen LogP contribution in [0.4, 0.5) is 34.1 Å². The van der Waals surface area contributed by atoms with Crippen LogP contribution in [0.3, 0.4) is 0 Å². The van der Waals surface area contributed by atoms with Gasteiger partial charge in [0.2, 0.25) is 0 Å². The first kappa shape index (κ1) is 44.6. The molecular weight excluding hydrogens is 845 g/mol. The molecule has 8 aromatic carbocycles. The maximum absolute atomic E-state index is 2.66. The highest BCUT2D eigenvalue weighted by Crippen LogP contribution is 2.54. The van der Waals surface area contributed by atoms with Gasteiger partial charge in [-0.3, -0.25) is 0 Å². The van der Waals surface area contributed by atoms with Gasteiger partial charge in [-0.05, 0) is 185 Å². The van der Waals surface area contributed by atoms with E-state index >= 15 is 0 Å². The summed E-state index contributed by atoms with van der Waals surface area (Å²) in [5, 5.41) is 0. The van der Waals surface area contributed by atoms with Crippen molar-refractivity contribution in [1.82, 2.24) is 0 Å². The van der Waals surface area contributed by atoms with Gasteiger partial charge in [0.1, 0.15) is 0 Å². The van der Waals surface area contributed by atoms with Crippen molar-refractivity contribution in [3.63, 3.8) is 0 Å². The molecule has 0 unspecified atom stereocenters. The van der Waals surface area contributed by atoms with Crippen LogP contribution in [0.15, 0.2) is 182 Å². The zero-order valence-corrected chi connectivity index (χ0v) is 41.5. The van der Waals surface area contributed by atoms with E-state index in [9.17, 15) is 0 Å². The molecule has 7 aliphatic carbocycles. The summed E-state index contributed by atoms with van der Waals surface area (Å²) in [4.78, 5) is 5.19. The van der Waals surface area contributed by atoms with E-state index in [1.165, 1.54) is 172 Å². The van der Waals surface area contributed by atoms with Gasteiger partial charge in [-0.25, -0.2) is 0 Å². The Bertz CT molecular complexity index is 3090. The van der Waals surface area contributed by atoms with Crippen LogP contribution in [0.25, 0.3) is 22.3 Å². The first-order chi connectivity index (χ1) is 34.5. The van der Waals surface area contributed by atoms with Crippen LogP contribution in [-0.2, 0) is 31.1 Å². The Morgan fingerprint density at radius 1 is 0.357 bits per heavy atom. The maximum Gasteiger partial charge on any atom is 0.0543 e. The summed E-state index contributed by atoms with van der Waals surface area (Å²) >= 11 is 0. The summed E-state index contributed by atoms with van der Waals surface area (Å²) in [6, 6.07) is 70.7. The summed E-state index contributed by atoms with van der Waals surface area (Å²) in [5.74, 6) is 1.33. The Morgan fingerprint density at radius 2 is 0.843 bits per heavy atom. The average molecular weight is 913 g/mol. The second-order valence-electron chi connectivity index (χ2n) is 21.6. The van der Waals surface area contributed by atoms with E-state index in [1.54, 1.807) is 0 Å². The van der Waals surface area contributed by atoms with E-state index in [2.05, 4.69) is 206 Å². The maximum atomic E-state index is 2.66. The largest absolute Gasteiger partial charge is 0.310 e. The van der Waals surface area contributed by atoms with Crippen LogP contribution >= 0.6 is 0 Å². The normalized spacial score (nSPS) is 16.7. The summed E-state index contributed by atoms with van der Waals surface area (Å²) in [5.41, 5.74) is 23.9. The van der Waals surface area contributed by atoms with Crippen molar-refractivity contribution in [2.45, 2.75) is 127 Å². The van der Waals surface area contributed by atoms with Crippen molar-refractivity contribution in [3.05, 3.63) is 226 Å². The molecule has 2 heteroatoms. The molecule has 0 N–H and O–H groups in total. The third-order valence-corrected chi connectivity index (χ3v) is 16.9. The number of para-hydroxylation sites is 1. The average Bonchev–Trinajstić information content (AvgIpc) is 3.56. The first-order valence-electron chi connectivity index (χ1n) is 26.9. The van der Waals surface area contributed by atoms with Crippen LogP contribution in [-0.4, -0.2) is 0 Å². The third-order valence-electron chi connectivity index (χ3n) is 16.9. The summed E-state index contributed by atoms with van der Waals surface area (Å²) < 4.78 is 0. The molecular formula is C68H68N2. The molecule has 70 heavy (non-hydrogen) atoms. The number of aryl methyl sites for hydroxylation is 4. The van der Waals surface area contributed by atoms with E-state index in [1.807, 2.05) is 0 Å². The van der Waals surface area contributed by atoms with E-state index in [-0.39, 0.29) is 5.41 Å². The third kappa shape index (κ3) is 8.59. The lowest BCUT2D eigenvalue weighted by molar-refractivity contribution is 0.443. The molecule has 4 bridgehead atoms. The quantitative estimate of drug-likeness (QED) is 0.133. The van der Waals surface area contributed by atoms with Crippen molar-refractivity contribution in [1.29, 1.82) is 0 Å². The van der Waals surface area contributed by atoms with Gasteiger partial charge in [0.05, 0.1) is 5.69 Å². The molecule has 0 aliphatic heterocycles. The van der Waals surface area contributed by atoms with Crippen molar-refractivity contribution in [2.24, 2.45) is 0 Å². The fourth-order valence-electron chi connectivity index (χ4n) is 12.9. The lowest BCUT2D eigenvalue weighted by Gasteiger charge is -2.33. The first-order valence-corrected chi connectivity index (χ1v) is 26.9. The minimum absolute atomic E-state index is 0.138. The predicted octanol–water partition coefficient (Wildman–Crippen LogP) is 19.0. The molecule has 0 atom stereocenters. The summed E-state index contributed by atoms with van der Waals surface area (Å²) in [7, 11) is 0. The number of hydrogen-bond donors (Lipinski definition) is 0. The van der Waals surface area contributed by atoms with Crippen molar-refractivity contribution in [2.75, 3.05) is 9.80 Å². The molecule has 350 valence electrons. The van der Waals surface area contributed by atoms with Crippen LogP contribution in [0.1, 0.15) is 141 Å². The van der Waals surface area contributed by atoms with Crippen LogP contribution < -0.4 is 9.80 Å². The topological polar surface area (TPSA) is 6.48 Å². The van der Waals surface area contributed by atoms with Gasteiger partial charge in [-0.15, -0.1) is 0 Å². The van der Waals surface area contributed by atoms with Gasteiger partial charge in [-0.2, -0.15) is 0 Å². The molecule has 7 aliphatic rings. The standard InChI is InChI=1S/C68H68N2/c1-68(2)63-27-17-16-26-60(63)62-46-61(54-22-12-6-13-23-54)67(47-64(62)68)70(59-42-38-53(39-43-59)50-18-8-3-4-9-19-50)66-45-49-29-33-55-32-28-48(30-34-56(66)35-31-49)44-65(55)69(57-24-14-7-15-25-57)58-40-36-52(37-41-58)51-20-10-5-11-21-51/h6-7,12-17,22-28,31-32,35-47,50-51H,3-5,8-11,18-21,29-30,33-34H2,1-2H3. The van der Waals surface area contributed by atoms with Crippen molar-refractivity contribution in [3.8, 4) is 22.3 Å². The number of anilines is 6. The Hall–Kier alpha value is -6.64. The molecule has 8 aromatic rings. The monoisotopic (exact) mass is 913 g/mol. The zero-order chi connectivity index (χ0) is 47.0. The van der Waals surface area contributed by atoms with Gasteiger partial charge in [0.25, 0.3) is 0 Å². The van der Waals surface area contributed by atoms with Gasteiger partial charge < -0.3 is 9.80 Å². The molecule has 0 heterocycles. The molecule has 0 spiro atoms. The Labute approximate surface area is 418 Å². The molecule has 15 rings (SSSR count). The summed E-state index contributed by atoms with van der Waals surface area (Å²) in [6.45, 7) is 4.84. The smallest absolute Gasteiger partial charge is 0.0543 e. The highest BCUT2D eigenvalue weighted by atomic mass is 15.2. The Balaban J connectivity index is 0.977. The second kappa shape index (κ2) is 19.3. The van der Waals surface area contributed by atoms with Crippen LogP contribution in [0.5, 0.6) is 0 Å². The van der Waals surface area contributed by atoms with E-state index in [0.29, 0.717) is 11.8 Å². The van der Waals surface area contributed by atoms with Gasteiger partial charge in [-0.1, -0.05) is 180 Å². The fraction of sp³-hybridized carbons (Fsp3) is 0.294. The Morgan fingerprint density at radius 3 is 1.43 bits per heavy atom. The van der Waals surface area contributed by atoms with Gasteiger partial charge in [0, 0.05) is 39.4 Å². The molecule has 2 fully saturated rings. The number of nitrogens with zero attached hydrogens (tertiary/aromatic N) is 2.